The summed E-state index contributed by atoms with van der Waals surface area (Å²) in [5, 5.41) is 9.12. The Bertz CT molecular complexity index is 325. The lowest BCUT2D eigenvalue weighted by Crippen LogP contribution is -2.35. The fourth-order valence-electron chi connectivity index (χ4n) is 1.38. The largest absolute Gasteiger partial charge is 0.480 e. The number of hydrogen-bond acceptors (Lipinski definition) is 1. The van der Waals surface area contributed by atoms with Crippen molar-refractivity contribution in [3.63, 3.8) is 0 Å². The van der Waals surface area contributed by atoms with E-state index in [0.717, 1.165) is 0 Å². The molecule has 1 atom stereocenters. The van der Waals surface area contributed by atoms with Crippen molar-refractivity contribution < 1.29 is 9.90 Å². The predicted octanol–water partition coefficient (Wildman–Crippen LogP) is 3.28. The number of alkyl halides is 1. The minimum Gasteiger partial charge on any atom is -0.480 e. The Kier molecular flexibility index (Phi) is 5.12. The van der Waals surface area contributed by atoms with Gasteiger partial charge in [0, 0.05) is 0 Å². The van der Waals surface area contributed by atoms with Crippen LogP contribution in [-0.4, -0.2) is 11.1 Å². The maximum atomic E-state index is 11.1. The number of halogens is 2. The molecular weight excluding hydrogens is 235 g/mol. The molecule has 0 aliphatic carbocycles. The number of benzene rings is 1. The van der Waals surface area contributed by atoms with Crippen molar-refractivity contribution in [3.05, 3.63) is 35.9 Å². The second kappa shape index (κ2) is 5.38. The highest BCUT2D eigenvalue weighted by molar-refractivity contribution is 6.33. The van der Waals surface area contributed by atoms with Gasteiger partial charge in [-0.05, 0) is 11.5 Å². The van der Waals surface area contributed by atoms with Crippen LogP contribution in [0, 0.1) is 5.92 Å². The highest BCUT2D eigenvalue weighted by Crippen LogP contribution is 2.36. The van der Waals surface area contributed by atoms with Gasteiger partial charge in [0.25, 0.3) is 0 Å². The first-order chi connectivity index (χ1) is 6.49. The molecule has 1 unspecified atom stereocenters. The van der Waals surface area contributed by atoms with E-state index in [4.69, 9.17) is 16.7 Å². The van der Waals surface area contributed by atoms with Crippen LogP contribution in [0.1, 0.15) is 19.4 Å². The van der Waals surface area contributed by atoms with Crippen molar-refractivity contribution >= 4 is 30.0 Å². The Labute approximate surface area is 101 Å². The van der Waals surface area contributed by atoms with E-state index < -0.39 is 10.8 Å². The van der Waals surface area contributed by atoms with Gasteiger partial charge >= 0.3 is 5.97 Å². The van der Waals surface area contributed by atoms with Gasteiger partial charge in [-0.2, -0.15) is 0 Å². The Morgan fingerprint density at radius 2 is 1.80 bits per heavy atom. The van der Waals surface area contributed by atoms with Gasteiger partial charge in [0.2, 0.25) is 0 Å². The van der Waals surface area contributed by atoms with Crippen LogP contribution in [0.4, 0.5) is 0 Å². The third-order valence-electron chi connectivity index (χ3n) is 2.30. The van der Waals surface area contributed by atoms with Gasteiger partial charge in [0.15, 0.2) is 4.87 Å². The van der Waals surface area contributed by atoms with Crippen LogP contribution in [0.15, 0.2) is 30.3 Å². The number of carboxylic acid groups (broad SMARTS) is 1. The van der Waals surface area contributed by atoms with Crippen LogP contribution in [0.5, 0.6) is 0 Å². The van der Waals surface area contributed by atoms with E-state index in [1.165, 1.54) is 0 Å². The van der Waals surface area contributed by atoms with Gasteiger partial charge in [-0.1, -0.05) is 44.2 Å². The zero-order valence-corrected chi connectivity index (χ0v) is 10.2. The molecule has 0 radical (unpaired) electrons. The Morgan fingerprint density at radius 1 is 1.33 bits per heavy atom. The van der Waals surface area contributed by atoms with Crippen LogP contribution < -0.4 is 0 Å². The highest BCUT2D eigenvalue weighted by atomic mass is 35.5. The van der Waals surface area contributed by atoms with Gasteiger partial charge in [-0.25, -0.2) is 4.79 Å². The molecule has 1 rings (SSSR count). The average molecular weight is 249 g/mol. The van der Waals surface area contributed by atoms with E-state index in [-0.39, 0.29) is 18.3 Å². The number of carbonyl (C=O) groups is 1. The van der Waals surface area contributed by atoms with E-state index in [1.54, 1.807) is 38.1 Å². The molecule has 0 bridgehead atoms. The fraction of sp³-hybridized carbons (Fsp3) is 0.364. The topological polar surface area (TPSA) is 37.3 Å². The van der Waals surface area contributed by atoms with Crippen molar-refractivity contribution in [1.82, 2.24) is 0 Å². The minimum atomic E-state index is -1.32. The molecule has 0 spiro atoms. The van der Waals surface area contributed by atoms with Crippen LogP contribution in [0.3, 0.4) is 0 Å². The maximum Gasteiger partial charge on any atom is 0.329 e. The summed E-state index contributed by atoms with van der Waals surface area (Å²) in [7, 11) is 0. The average Bonchev–Trinajstić information content (AvgIpc) is 2.17. The molecular formula is C11H14Cl2O2. The quantitative estimate of drug-likeness (QED) is 0.834. The molecule has 4 heteroatoms. The molecule has 0 aliphatic heterocycles. The second-order valence-corrected chi connectivity index (χ2v) is 4.13. The first-order valence-corrected chi connectivity index (χ1v) is 4.85. The van der Waals surface area contributed by atoms with Gasteiger partial charge in [0.1, 0.15) is 0 Å². The van der Waals surface area contributed by atoms with Crippen molar-refractivity contribution in [2.24, 2.45) is 5.92 Å². The summed E-state index contributed by atoms with van der Waals surface area (Å²) in [6.07, 6.45) is 0. The van der Waals surface area contributed by atoms with Crippen molar-refractivity contribution in [2.75, 3.05) is 0 Å². The number of aliphatic carboxylic acids is 1. The molecule has 0 saturated heterocycles. The van der Waals surface area contributed by atoms with E-state index in [0.29, 0.717) is 5.56 Å². The van der Waals surface area contributed by atoms with E-state index >= 15 is 0 Å². The van der Waals surface area contributed by atoms with E-state index in [2.05, 4.69) is 0 Å². The van der Waals surface area contributed by atoms with Gasteiger partial charge in [0.05, 0.1) is 0 Å². The van der Waals surface area contributed by atoms with E-state index in [9.17, 15) is 4.79 Å². The Hall–Kier alpha value is -0.730. The van der Waals surface area contributed by atoms with Crippen LogP contribution >= 0.6 is 24.0 Å². The highest BCUT2D eigenvalue weighted by Gasteiger charge is 2.41. The molecule has 1 aromatic rings. The number of carboxylic acids is 1. The lowest BCUT2D eigenvalue weighted by molar-refractivity contribution is -0.141. The van der Waals surface area contributed by atoms with Crippen LogP contribution in [-0.2, 0) is 9.67 Å². The molecule has 1 N–H and O–H groups in total. The Morgan fingerprint density at radius 3 is 2.13 bits per heavy atom. The fourth-order valence-corrected chi connectivity index (χ4v) is 1.51. The smallest absolute Gasteiger partial charge is 0.329 e. The summed E-state index contributed by atoms with van der Waals surface area (Å²) in [4.78, 5) is 9.81. The minimum absolute atomic E-state index is 0. The normalized spacial score (nSPS) is 14.1. The van der Waals surface area contributed by atoms with Crippen molar-refractivity contribution in [3.8, 4) is 0 Å². The van der Waals surface area contributed by atoms with E-state index in [1.807, 2.05) is 6.07 Å². The van der Waals surface area contributed by atoms with Gasteiger partial charge < -0.3 is 5.11 Å². The maximum absolute atomic E-state index is 11.1. The molecule has 2 nitrogen and oxygen atoms in total. The number of rotatable bonds is 3. The molecule has 15 heavy (non-hydrogen) atoms. The van der Waals surface area contributed by atoms with Gasteiger partial charge in [-0.3, -0.25) is 0 Å². The van der Waals surface area contributed by atoms with Gasteiger partial charge in [-0.15, -0.1) is 24.0 Å². The zero-order chi connectivity index (χ0) is 10.8. The summed E-state index contributed by atoms with van der Waals surface area (Å²) in [5.74, 6) is -1.16. The lowest BCUT2D eigenvalue weighted by Gasteiger charge is -2.26. The summed E-state index contributed by atoms with van der Waals surface area (Å²) in [5.41, 5.74) is 0.629. The molecule has 0 aromatic heterocycles. The monoisotopic (exact) mass is 248 g/mol. The SMILES string of the molecule is CC(C)C(Cl)(C(=O)O)c1ccccc1.Cl. The van der Waals surface area contributed by atoms with Crippen LogP contribution in [0.2, 0.25) is 0 Å². The summed E-state index contributed by atoms with van der Waals surface area (Å²) in [6.45, 7) is 3.60. The number of hydrogen-bond donors (Lipinski definition) is 1. The molecule has 84 valence electrons. The summed E-state index contributed by atoms with van der Waals surface area (Å²) >= 11 is 6.13. The van der Waals surface area contributed by atoms with Crippen molar-refractivity contribution in [1.29, 1.82) is 0 Å². The second-order valence-electron chi connectivity index (χ2n) is 3.54. The molecule has 1 aromatic carbocycles. The molecule has 0 heterocycles. The lowest BCUT2D eigenvalue weighted by atomic mass is 9.87. The third kappa shape index (κ3) is 2.64. The summed E-state index contributed by atoms with van der Waals surface area (Å²) in [6, 6.07) is 8.89. The Balaban J connectivity index is 0.00000196. The van der Waals surface area contributed by atoms with Crippen molar-refractivity contribution in [2.45, 2.75) is 18.7 Å². The first-order valence-electron chi connectivity index (χ1n) is 4.47. The first kappa shape index (κ1) is 14.3. The summed E-state index contributed by atoms with van der Waals surface area (Å²) < 4.78 is 0. The molecule has 0 aliphatic rings. The molecule has 0 amide bonds. The third-order valence-corrected chi connectivity index (χ3v) is 3.12. The molecule has 0 fully saturated rings. The zero-order valence-electron chi connectivity index (χ0n) is 8.61. The predicted molar refractivity (Wildman–Crippen MR) is 63.7 cm³/mol. The standard InChI is InChI=1S/C11H13ClO2.ClH/c1-8(2)11(12,10(13)14)9-6-4-3-5-7-9;/h3-8H,1-2H3,(H,13,14);1H. The van der Waals surface area contributed by atoms with Crippen LogP contribution in [0.25, 0.3) is 0 Å². The molecule has 0 saturated carbocycles.